The van der Waals surface area contributed by atoms with Crippen molar-refractivity contribution < 1.29 is 17.7 Å². The Balaban J connectivity index is 0.000000561. The third-order valence-electron chi connectivity index (χ3n) is 0.907. The Hall–Kier alpha value is -1.00. The number of hydrogen-bond acceptors (Lipinski definition) is 2. The number of nitrogens with zero attached hydrogens (tertiary/aromatic N) is 1. The molecule has 0 saturated carbocycles. The molecule has 0 aliphatic carbocycles. The number of aryl methyl sites for hydroxylation is 1. The van der Waals surface area contributed by atoms with Gasteiger partial charge in [0, 0.05) is 6.07 Å². The maximum Gasteiger partial charge on any atom is 0.452 e. The van der Waals surface area contributed by atoms with Crippen LogP contribution in [0.5, 0.6) is 0 Å². The fourth-order valence-electron chi connectivity index (χ4n) is 0.497. The molecule has 0 bridgehead atoms. The zero-order valence-corrected chi connectivity index (χ0v) is 7.07. The van der Waals surface area contributed by atoms with Gasteiger partial charge in [-0.1, -0.05) is 19.0 Å². The molecule has 12 heavy (non-hydrogen) atoms. The number of rotatable bonds is 0. The van der Waals surface area contributed by atoms with Crippen molar-refractivity contribution in [2.75, 3.05) is 0 Å². The molecule has 1 aromatic rings. The predicted molar refractivity (Wildman–Crippen MR) is 37.6 cm³/mol. The summed E-state index contributed by atoms with van der Waals surface area (Å²) in [7, 11) is 0. The highest BCUT2D eigenvalue weighted by molar-refractivity contribution is 5.05. The summed E-state index contributed by atoms with van der Waals surface area (Å²) in [6.07, 6.45) is -4.42. The van der Waals surface area contributed by atoms with Gasteiger partial charge in [-0.2, -0.15) is 13.2 Å². The second-order valence-corrected chi connectivity index (χ2v) is 1.83. The largest absolute Gasteiger partial charge is 0.452 e. The summed E-state index contributed by atoms with van der Waals surface area (Å²) in [6.45, 7) is 5.43. The van der Waals surface area contributed by atoms with Crippen molar-refractivity contribution >= 4 is 0 Å². The van der Waals surface area contributed by atoms with Gasteiger partial charge in [-0.05, 0) is 6.92 Å². The van der Waals surface area contributed by atoms with Crippen LogP contribution >= 0.6 is 0 Å². The van der Waals surface area contributed by atoms with Crippen LogP contribution in [-0.4, -0.2) is 5.16 Å². The van der Waals surface area contributed by atoms with E-state index in [0.717, 1.165) is 6.07 Å². The van der Waals surface area contributed by atoms with E-state index in [1.807, 2.05) is 13.8 Å². The number of hydrogen-bond donors (Lipinski definition) is 0. The molecule has 0 fully saturated rings. The lowest BCUT2D eigenvalue weighted by Gasteiger charge is -1.96. The van der Waals surface area contributed by atoms with Crippen LogP contribution in [0.1, 0.15) is 25.3 Å². The maximum absolute atomic E-state index is 11.7. The van der Waals surface area contributed by atoms with Gasteiger partial charge in [0.1, 0.15) is 0 Å². The van der Waals surface area contributed by atoms with Crippen molar-refractivity contribution in [1.82, 2.24) is 5.16 Å². The van der Waals surface area contributed by atoms with Crippen molar-refractivity contribution in [2.45, 2.75) is 26.9 Å². The second-order valence-electron chi connectivity index (χ2n) is 1.83. The standard InChI is InChI=1S/C5H4F3NO.C2H6/c1-3-2-4(10-9-3)5(6,7)8;1-2/h2H,1H3;1-2H3. The molecule has 2 nitrogen and oxygen atoms in total. The van der Waals surface area contributed by atoms with Gasteiger partial charge >= 0.3 is 6.18 Å². The predicted octanol–water partition coefficient (Wildman–Crippen LogP) is 3.03. The second kappa shape index (κ2) is 4.13. The van der Waals surface area contributed by atoms with Crippen LogP contribution in [0, 0.1) is 6.92 Å². The van der Waals surface area contributed by atoms with Crippen molar-refractivity contribution in [2.24, 2.45) is 0 Å². The van der Waals surface area contributed by atoms with Gasteiger partial charge in [-0.15, -0.1) is 0 Å². The number of alkyl halides is 3. The fraction of sp³-hybridized carbons (Fsp3) is 0.571. The smallest absolute Gasteiger partial charge is 0.351 e. The van der Waals surface area contributed by atoms with Crippen LogP contribution in [0.4, 0.5) is 13.2 Å². The van der Waals surface area contributed by atoms with Crippen LogP contribution in [-0.2, 0) is 6.18 Å². The first-order chi connectivity index (χ1) is 5.50. The molecule has 0 amide bonds. The first-order valence-corrected chi connectivity index (χ1v) is 3.50. The highest BCUT2D eigenvalue weighted by atomic mass is 19.4. The van der Waals surface area contributed by atoms with Crippen molar-refractivity contribution in [3.63, 3.8) is 0 Å². The van der Waals surface area contributed by atoms with E-state index >= 15 is 0 Å². The molecule has 0 atom stereocenters. The van der Waals surface area contributed by atoms with Gasteiger partial charge in [-0.3, -0.25) is 0 Å². The van der Waals surface area contributed by atoms with Crippen LogP contribution in [0.2, 0.25) is 0 Å². The van der Waals surface area contributed by atoms with E-state index in [0.29, 0.717) is 0 Å². The quantitative estimate of drug-likeness (QED) is 0.614. The van der Waals surface area contributed by atoms with Gasteiger partial charge in [0.05, 0.1) is 5.69 Å². The van der Waals surface area contributed by atoms with Crippen molar-refractivity contribution in [3.8, 4) is 0 Å². The van der Waals surface area contributed by atoms with Crippen LogP contribution in [0.3, 0.4) is 0 Å². The van der Waals surface area contributed by atoms with Gasteiger partial charge in [0.15, 0.2) is 0 Å². The molecule has 1 heterocycles. The molecule has 5 heteroatoms. The van der Waals surface area contributed by atoms with E-state index in [-0.39, 0.29) is 5.69 Å². The molecule has 0 radical (unpaired) electrons. The summed E-state index contributed by atoms with van der Waals surface area (Å²) in [4.78, 5) is 0. The van der Waals surface area contributed by atoms with Crippen molar-refractivity contribution in [3.05, 3.63) is 17.5 Å². The van der Waals surface area contributed by atoms with E-state index in [9.17, 15) is 13.2 Å². The van der Waals surface area contributed by atoms with Crippen molar-refractivity contribution in [1.29, 1.82) is 0 Å². The Morgan fingerprint density at radius 3 is 2.00 bits per heavy atom. The molecule has 0 aliphatic heterocycles. The molecule has 0 saturated heterocycles. The maximum atomic E-state index is 11.7. The van der Waals surface area contributed by atoms with E-state index in [4.69, 9.17) is 0 Å². The zero-order valence-electron chi connectivity index (χ0n) is 7.07. The molecule has 1 rings (SSSR count). The van der Waals surface area contributed by atoms with E-state index in [1.165, 1.54) is 6.92 Å². The Bertz CT molecular complexity index is 229. The summed E-state index contributed by atoms with van der Waals surface area (Å²) in [6, 6.07) is 0.847. The normalized spacial score (nSPS) is 10.5. The van der Waals surface area contributed by atoms with Gasteiger partial charge in [0.2, 0.25) is 5.76 Å². The molecule has 0 aromatic carbocycles. The molecule has 70 valence electrons. The molecule has 0 N–H and O–H groups in total. The monoisotopic (exact) mass is 181 g/mol. The molecule has 0 unspecified atom stereocenters. The number of aromatic nitrogens is 1. The highest BCUT2D eigenvalue weighted by Gasteiger charge is 2.35. The molecular weight excluding hydrogens is 171 g/mol. The first kappa shape index (κ1) is 11.0. The molecule has 0 aliphatic rings. The summed E-state index contributed by atoms with van der Waals surface area (Å²) < 4.78 is 39.0. The lowest BCUT2D eigenvalue weighted by molar-refractivity contribution is -0.155. The first-order valence-electron chi connectivity index (χ1n) is 3.50. The Morgan fingerprint density at radius 1 is 1.33 bits per heavy atom. The Labute approximate surface area is 68.4 Å². The highest BCUT2D eigenvalue weighted by Crippen LogP contribution is 2.29. The summed E-state index contributed by atoms with van der Waals surface area (Å²) in [5.41, 5.74) is 0.229. The minimum absolute atomic E-state index is 0.229. The summed E-state index contributed by atoms with van der Waals surface area (Å²) in [5.74, 6) is -1.05. The Kier molecular flexibility index (Phi) is 3.79. The molecular formula is C7H10F3NO. The lowest BCUT2D eigenvalue weighted by atomic mass is 10.4. The van der Waals surface area contributed by atoms with Crippen LogP contribution in [0.15, 0.2) is 10.6 Å². The third kappa shape index (κ3) is 2.94. The SMILES string of the molecule is CC.Cc1cc(C(F)(F)F)on1. The average Bonchev–Trinajstić information content (AvgIpc) is 2.39. The van der Waals surface area contributed by atoms with E-state index in [2.05, 4.69) is 9.68 Å². The zero-order chi connectivity index (χ0) is 9.78. The minimum Gasteiger partial charge on any atom is -0.351 e. The number of halogens is 3. The van der Waals surface area contributed by atoms with Gasteiger partial charge < -0.3 is 4.52 Å². The van der Waals surface area contributed by atoms with Gasteiger partial charge in [-0.25, -0.2) is 0 Å². The summed E-state index contributed by atoms with van der Waals surface area (Å²) in [5, 5.41) is 3.09. The molecule has 1 aromatic heterocycles. The topological polar surface area (TPSA) is 26.0 Å². The van der Waals surface area contributed by atoms with E-state index in [1.54, 1.807) is 0 Å². The van der Waals surface area contributed by atoms with Crippen LogP contribution < -0.4 is 0 Å². The molecule has 0 spiro atoms. The Morgan fingerprint density at radius 2 is 1.83 bits per heavy atom. The lowest BCUT2D eigenvalue weighted by Crippen LogP contribution is -2.01. The summed E-state index contributed by atoms with van der Waals surface area (Å²) >= 11 is 0. The van der Waals surface area contributed by atoms with Gasteiger partial charge in [0.25, 0.3) is 0 Å². The van der Waals surface area contributed by atoms with Crippen LogP contribution in [0.25, 0.3) is 0 Å². The fourth-order valence-corrected chi connectivity index (χ4v) is 0.497. The minimum atomic E-state index is -4.42. The third-order valence-corrected chi connectivity index (χ3v) is 0.907. The average molecular weight is 181 g/mol. The van der Waals surface area contributed by atoms with E-state index < -0.39 is 11.9 Å².